The third kappa shape index (κ3) is 2.58. The summed E-state index contributed by atoms with van der Waals surface area (Å²) in [5, 5.41) is 3.49. The molecule has 2 rings (SSSR count). The van der Waals surface area contributed by atoms with Crippen LogP contribution >= 0.6 is 0 Å². The summed E-state index contributed by atoms with van der Waals surface area (Å²) in [6.45, 7) is 1.04. The van der Waals surface area contributed by atoms with Crippen LogP contribution in [0.4, 0.5) is 10.5 Å². The Hall–Kier alpha value is -1.55. The van der Waals surface area contributed by atoms with E-state index < -0.39 is 6.03 Å². The van der Waals surface area contributed by atoms with Crippen LogP contribution in [0.1, 0.15) is 30.9 Å². The molecule has 0 aliphatic carbocycles. The van der Waals surface area contributed by atoms with Gasteiger partial charge in [0.15, 0.2) is 0 Å². The van der Waals surface area contributed by atoms with Gasteiger partial charge < -0.3 is 11.1 Å². The van der Waals surface area contributed by atoms with E-state index in [0.717, 1.165) is 24.2 Å². The molecule has 1 atom stereocenters. The Kier molecular flexibility index (Phi) is 3.64. The minimum atomic E-state index is -0.423. The minimum absolute atomic E-state index is 0.335. The second-order valence-electron chi connectivity index (χ2n) is 4.46. The van der Waals surface area contributed by atoms with Crippen molar-refractivity contribution in [1.29, 1.82) is 0 Å². The highest BCUT2D eigenvalue weighted by atomic mass is 16.2. The van der Waals surface area contributed by atoms with Crippen LogP contribution in [-0.2, 0) is 0 Å². The molecule has 92 valence electrons. The number of nitrogens with zero attached hydrogens (tertiary/aromatic N) is 1. The topological polar surface area (TPSA) is 58.4 Å². The molecule has 1 fully saturated rings. The predicted octanol–water partition coefficient (Wildman–Crippen LogP) is 2.02. The van der Waals surface area contributed by atoms with E-state index >= 15 is 0 Å². The van der Waals surface area contributed by atoms with Gasteiger partial charge >= 0.3 is 6.03 Å². The zero-order chi connectivity index (χ0) is 12.3. The van der Waals surface area contributed by atoms with Gasteiger partial charge in [0.1, 0.15) is 0 Å². The van der Waals surface area contributed by atoms with Crippen molar-refractivity contribution in [2.24, 2.45) is 5.73 Å². The molecule has 17 heavy (non-hydrogen) atoms. The van der Waals surface area contributed by atoms with E-state index in [9.17, 15) is 4.79 Å². The number of nitrogens with one attached hydrogen (secondary N) is 1. The van der Waals surface area contributed by atoms with Gasteiger partial charge in [-0.1, -0.05) is 24.6 Å². The molecule has 1 heterocycles. The molecule has 0 bridgehead atoms. The van der Waals surface area contributed by atoms with Gasteiger partial charge in [0.05, 0.1) is 0 Å². The van der Waals surface area contributed by atoms with Crippen molar-refractivity contribution in [2.75, 3.05) is 18.5 Å². The van der Waals surface area contributed by atoms with Crippen LogP contribution in [0, 0.1) is 0 Å². The third-order valence-electron chi connectivity index (χ3n) is 3.31. The largest absolute Gasteiger partial charge is 0.351 e. The lowest BCUT2D eigenvalue weighted by molar-refractivity contribution is 0.255. The smallest absolute Gasteiger partial charge is 0.319 e. The Morgan fingerprint density at radius 3 is 2.82 bits per heavy atom. The number of amides is 2. The van der Waals surface area contributed by atoms with Crippen LogP contribution in [0.3, 0.4) is 0 Å². The molecule has 1 aromatic rings. The monoisotopic (exact) mass is 233 g/mol. The highest BCUT2D eigenvalue weighted by Gasteiger charge is 2.20. The lowest BCUT2D eigenvalue weighted by Crippen LogP contribution is -2.34. The molecular weight excluding hydrogens is 214 g/mol. The third-order valence-corrected chi connectivity index (χ3v) is 3.31. The van der Waals surface area contributed by atoms with Gasteiger partial charge in [-0.3, -0.25) is 4.90 Å². The minimum Gasteiger partial charge on any atom is -0.351 e. The van der Waals surface area contributed by atoms with Crippen LogP contribution in [0.5, 0.6) is 0 Å². The Bertz CT molecular complexity index is 399. The standard InChI is InChI=1S/C13H19N3O/c1-16(13(14)17)12-8-3-2-6-10(12)11-7-4-5-9-15-11/h2-3,6,8,11,15H,4-5,7,9H2,1H3,(H2,14,17). The number of piperidine rings is 1. The second-order valence-corrected chi connectivity index (χ2v) is 4.46. The Morgan fingerprint density at radius 1 is 1.41 bits per heavy atom. The van der Waals surface area contributed by atoms with Crippen molar-refractivity contribution < 1.29 is 4.79 Å². The quantitative estimate of drug-likeness (QED) is 0.821. The predicted molar refractivity (Wildman–Crippen MR) is 69.0 cm³/mol. The normalized spacial score (nSPS) is 19.9. The van der Waals surface area contributed by atoms with E-state index in [1.807, 2.05) is 18.2 Å². The van der Waals surface area contributed by atoms with E-state index in [2.05, 4.69) is 11.4 Å². The molecular formula is C13H19N3O. The number of hydrogen-bond donors (Lipinski definition) is 2. The first kappa shape index (κ1) is 11.9. The summed E-state index contributed by atoms with van der Waals surface area (Å²) in [4.78, 5) is 12.8. The molecule has 1 aliphatic rings. The number of nitrogens with two attached hydrogens (primary N) is 1. The highest BCUT2D eigenvalue weighted by molar-refractivity contribution is 5.91. The maximum Gasteiger partial charge on any atom is 0.319 e. The first-order chi connectivity index (χ1) is 8.20. The fourth-order valence-corrected chi connectivity index (χ4v) is 2.32. The summed E-state index contributed by atoms with van der Waals surface area (Å²) in [6.07, 6.45) is 3.57. The first-order valence-corrected chi connectivity index (χ1v) is 6.05. The van der Waals surface area contributed by atoms with Crippen molar-refractivity contribution in [3.63, 3.8) is 0 Å². The molecule has 1 unspecified atom stereocenters. The molecule has 1 aromatic carbocycles. The number of carbonyl (C=O) groups excluding carboxylic acids is 1. The number of benzene rings is 1. The van der Waals surface area contributed by atoms with Crippen LogP contribution in [0.25, 0.3) is 0 Å². The molecule has 1 saturated heterocycles. The molecule has 0 spiro atoms. The van der Waals surface area contributed by atoms with E-state index in [-0.39, 0.29) is 0 Å². The molecule has 4 heteroatoms. The summed E-state index contributed by atoms with van der Waals surface area (Å²) < 4.78 is 0. The molecule has 0 radical (unpaired) electrons. The molecule has 0 aromatic heterocycles. The number of rotatable bonds is 2. The zero-order valence-corrected chi connectivity index (χ0v) is 10.1. The van der Waals surface area contributed by atoms with Crippen LogP contribution in [0.2, 0.25) is 0 Å². The van der Waals surface area contributed by atoms with E-state index in [0.29, 0.717) is 6.04 Å². The maximum absolute atomic E-state index is 11.3. The SMILES string of the molecule is CN(C(N)=O)c1ccccc1C1CCCCN1. The molecule has 4 nitrogen and oxygen atoms in total. The number of anilines is 1. The summed E-state index contributed by atoms with van der Waals surface area (Å²) in [5.74, 6) is 0. The van der Waals surface area contributed by atoms with Crippen LogP contribution in [-0.4, -0.2) is 19.6 Å². The lowest BCUT2D eigenvalue weighted by Gasteiger charge is -2.28. The fourth-order valence-electron chi connectivity index (χ4n) is 2.32. The number of carbonyl (C=O) groups is 1. The van der Waals surface area contributed by atoms with Gasteiger partial charge in [-0.05, 0) is 31.0 Å². The van der Waals surface area contributed by atoms with Gasteiger partial charge in [-0.2, -0.15) is 0 Å². The molecule has 1 aliphatic heterocycles. The van der Waals surface area contributed by atoms with E-state index in [1.165, 1.54) is 17.7 Å². The van der Waals surface area contributed by atoms with E-state index in [1.54, 1.807) is 7.05 Å². The lowest BCUT2D eigenvalue weighted by atomic mass is 9.96. The number of hydrogen-bond acceptors (Lipinski definition) is 2. The molecule has 2 amide bonds. The number of para-hydroxylation sites is 1. The molecule has 0 saturated carbocycles. The van der Waals surface area contributed by atoms with Gasteiger partial charge in [0, 0.05) is 18.8 Å². The van der Waals surface area contributed by atoms with Crippen molar-refractivity contribution in [3.05, 3.63) is 29.8 Å². The van der Waals surface area contributed by atoms with Crippen molar-refractivity contribution in [2.45, 2.75) is 25.3 Å². The van der Waals surface area contributed by atoms with Gasteiger partial charge in [0.2, 0.25) is 0 Å². The van der Waals surface area contributed by atoms with Crippen LogP contribution in [0.15, 0.2) is 24.3 Å². The fraction of sp³-hybridized carbons (Fsp3) is 0.462. The Balaban J connectivity index is 2.29. The molecule has 3 N–H and O–H groups in total. The summed E-state index contributed by atoms with van der Waals surface area (Å²) in [5.41, 5.74) is 7.40. The Labute approximate surface area is 102 Å². The number of primary amides is 1. The summed E-state index contributed by atoms with van der Waals surface area (Å²) in [7, 11) is 1.71. The van der Waals surface area contributed by atoms with E-state index in [4.69, 9.17) is 5.73 Å². The van der Waals surface area contributed by atoms with Crippen molar-refractivity contribution in [1.82, 2.24) is 5.32 Å². The average Bonchev–Trinajstić information content (AvgIpc) is 2.39. The summed E-state index contributed by atoms with van der Waals surface area (Å²) >= 11 is 0. The Morgan fingerprint density at radius 2 is 2.18 bits per heavy atom. The zero-order valence-electron chi connectivity index (χ0n) is 10.1. The van der Waals surface area contributed by atoms with Gasteiger partial charge in [-0.25, -0.2) is 4.79 Å². The second kappa shape index (κ2) is 5.19. The summed E-state index contributed by atoms with van der Waals surface area (Å²) in [6, 6.07) is 7.86. The van der Waals surface area contributed by atoms with Crippen molar-refractivity contribution in [3.8, 4) is 0 Å². The average molecular weight is 233 g/mol. The maximum atomic E-state index is 11.3. The first-order valence-electron chi connectivity index (χ1n) is 6.05. The van der Waals surface area contributed by atoms with Gasteiger partial charge in [0.25, 0.3) is 0 Å². The van der Waals surface area contributed by atoms with Crippen LogP contribution < -0.4 is 16.0 Å². The van der Waals surface area contributed by atoms with Crippen molar-refractivity contribution >= 4 is 11.7 Å². The van der Waals surface area contributed by atoms with Gasteiger partial charge in [-0.15, -0.1) is 0 Å². The highest BCUT2D eigenvalue weighted by Crippen LogP contribution is 2.30. The number of urea groups is 1.